The minimum absolute atomic E-state index is 0.0709. The molecule has 2 rings (SSSR count). The molecule has 5 heteroatoms. The number of anilines is 1. The molecule has 5 nitrogen and oxygen atoms in total. The molecule has 1 fully saturated rings. The molecule has 1 saturated heterocycles. The Bertz CT molecular complexity index is 331. The quantitative estimate of drug-likeness (QED) is 0.719. The van der Waals surface area contributed by atoms with E-state index in [0.717, 1.165) is 32.2 Å². The zero-order chi connectivity index (χ0) is 10.7. The summed E-state index contributed by atoms with van der Waals surface area (Å²) in [5.74, 6) is 0.872. The molecule has 1 aromatic heterocycles. The van der Waals surface area contributed by atoms with Gasteiger partial charge in [-0.1, -0.05) is 0 Å². The maximum absolute atomic E-state index is 10.6. The number of aromatic hydroxyl groups is 1. The third-order valence-electron chi connectivity index (χ3n) is 2.64. The summed E-state index contributed by atoms with van der Waals surface area (Å²) >= 11 is 0. The lowest BCUT2D eigenvalue weighted by atomic mass is 9.99. The summed E-state index contributed by atoms with van der Waals surface area (Å²) in [6, 6.07) is 0. The zero-order valence-corrected chi connectivity index (χ0v) is 8.33. The van der Waals surface area contributed by atoms with Gasteiger partial charge in [0, 0.05) is 19.0 Å². The predicted octanol–water partition coefficient (Wildman–Crippen LogP) is 0.597. The third-order valence-corrected chi connectivity index (χ3v) is 2.64. The fourth-order valence-corrected chi connectivity index (χ4v) is 1.71. The lowest BCUT2D eigenvalue weighted by Crippen LogP contribution is -2.35. The van der Waals surface area contributed by atoms with Crippen molar-refractivity contribution in [3.05, 3.63) is 12.4 Å². The van der Waals surface area contributed by atoms with Gasteiger partial charge in [-0.15, -0.1) is 0 Å². The first-order valence-electron chi connectivity index (χ1n) is 5.01. The van der Waals surface area contributed by atoms with Crippen LogP contribution >= 0.6 is 0 Å². The maximum Gasteiger partial charge on any atom is 0.225 e. The molecule has 2 heterocycles. The number of rotatable bonds is 2. The van der Waals surface area contributed by atoms with E-state index in [1.54, 1.807) is 0 Å². The van der Waals surface area contributed by atoms with Crippen LogP contribution in [0.15, 0.2) is 12.4 Å². The van der Waals surface area contributed by atoms with Crippen LogP contribution in [0.2, 0.25) is 0 Å². The molecule has 15 heavy (non-hydrogen) atoms. The molecule has 0 amide bonds. The second-order valence-corrected chi connectivity index (χ2v) is 3.70. The van der Waals surface area contributed by atoms with Gasteiger partial charge >= 0.3 is 0 Å². The number of carbonyl (C=O) groups excluding carboxylic acids is 1. The largest absolute Gasteiger partial charge is 0.505 e. The van der Waals surface area contributed by atoms with E-state index in [9.17, 15) is 4.79 Å². The molecule has 1 aliphatic heterocycles. The van der Waals surface area contributed by atoms with E-state index >= 15 is 0 Å². The lowest BCUT2D eigenvalue weighted by Gasteiger charge is -2.29. The average molecular weight is 207 g/mol. The van der Waals surface area contributed by atoms with E-state index in [4.69, 9.17) is 5.11 Å². The predicted molar refractivity (Wildman–Crippen MR) is 54.7 cm³/mol. The fraction of sp³-hybridized carbons (Fsp3) is 0.500. The van der Waals surface area contributed by atoms with E-state index < -0.39 is 0 Å². The molecule has 0 unspecified atom stereocenters. The molecule has 0 spiro atoms. The van der Waals surface area contributed by atoms with Crippen molar-refractivity contribution >= 4 is 12.2 Å². The summed E-state index contributed by atoms with van der Waals surface area (Å²) in [5, 5.41) is 9.05. The van der Waals surface area contributed by atoms with Gasteiger partial charge in [-0.2, -0.15) is 0 Å². The van der Waals surface area contributed by atoms with Crippen LogP contribution < -0.4 is 4.90 Å². The van der Waals surface area contributed by atoms with Crippen LogP contribution in [0.1, 0.15) is 12.8 Å². The highest BCUT2D eigenvalue weighted by Crippen LogP contribution is 2.19. The molecular formula is C10H13N3O2. The Morgan fingerprint density at radius 3 is 2.47 bits per heavy atom. The Balaban J connectivity index is 2.01. The molecule has 80 valence electrons. The molecule has 0 saturated carbocycles. The Hall–Kier alpha value is -1.65. The van der Waals surface area contributed by atoms with Crippen molar-refractivity contribution in [3.8, 4) is 5.75 Å². The molecule has 1 aromatic rings. The van der Waals surface area contributed by atoms with Crippen LogP contribution in [0, 0.1) is 5.92 Å². The van der Waals surface area contributed by atoms with Gasteiger partial charge in [0.25, 0.3) is 0 Å². The first-order chi connectivity index (χ1) is 7.29. The highest BCUT2D eigenvalue weighted by Gasteiger charge is 2.19. The minimum Gasteiger partial charge on any atom is -0.505 e. The van der Waals surface area contributed by atoms with Crippen LogP contribution in [0.25, 0.3) is 0 Å². The van der Waals surface area contributed by atoms with Crippen molar-refractivity contribution in [2.45, 2.75) is 12.8 Å². The number of aromatic nitrogens is 2. The van der Waals surface area contributed by atoms with Crippen LogP contribution in [-0.4, -0.2) is 34.5 Å². The van der Waals surface area contributed by atoms with Crippen LogP contribution in [0.3, 0.4) is 0 Å². The summed E-state index contributed by atoms with van der Waals surface area (Å²) in [6.45, 7) is 1.60. The van der Waals surface area contributed by atoms with Crippen LogP contribution in [0.5, 0.6) is 5.75 Å². The molecule has 0 atom stereocenters. The zero-order valence-electron chi connectivity index (χ0n) is 8.33. The number of hydrogen-bond donors (Lipinski definition) is 1. The third kappa shape index (κ3) is 2.23. The van der Waals surface area contributed by atoms with Crippen molar-refractivity contribution in [2.75, 3.05) is 18.0 Å². The summed E-state index contributed by atoms with van der Waals surface area (Å²) in [6.07, 6.45) is 5.50. The standard InChI is InChI=1S/C10H13N3O2/c14-7-8-1-3-13(4-2-8)10-11-5-9(15)6-12-10/h5-8,15H,1-4H2. The fourth-order valence-electron chi connectivity index (χ4n) is 1.71. The lowest BCUT2D eigenvalue weighted by molar-refractivity contribution is -0.111. The van der Waals surface area contributed by atoms with Crippen molar-refractivity contribution in [1.29, 1.82) is 0 Å². The monoisotopic (exact) mass is 207 g/mol. The molecule has 0 bridgehead atoms. The normalized spacial score (nSPS) is 17.7. The van der Waals surface area contributed by atoms with Gasteiger partial charge in [-0.3, -0.25) is 0 Å². The van der Waals surface area contributed by atoms with E-state index in [0.29, 0.717) is 5.95 Å². The Morgan fingerprint density at radius 2 is 1.93 bits per heavy atom. The topological polar surface area (TPSA) is 66.3 Å². The number of hydrogen-bond acceptors (Lipinski definition) is 5. The van der Waals surface area contributed by atoms with Gasteiger partial charge in [0.15, 0.2) is 5.75 Å². The van der Waals surface area contributed by atoms with Crippen molar-refractivity contribution in [1.82, 2.24) is 9.97 Å². The van der Waals surface area contributed by atoms with Gasteiger partial charge in [-0.05, 0) is 12.8 Å². The smallest absolute Gasteiger partial charge is 0.225 e. The SMILES string of the molecule is O=CC1CCN(c2ncc(O)cn2)CC1. The molecule has 1 aliphatic rings. The summed E-state index contributed by atoms with van der Waals surface area (Å²) in [4.78, 5) is 20.7. The minimum atomic E-state index is 0.0709. The maximum atomic E-state index is 10.6. The van der Waals surface area contributed by atoms with Crippen molar-refractivity contribution in [2.24, 2.45) is 5.92 Å². The average Bonchev–Trinajstić information content (AvgIpc) is 2.30. The molecule has 0 radical (unpaired) electrons. The van der Waals surface area contributed by atoms with Crippen molar-refractivity contribution < 1.29 is 9.90 Å². The summed E-state index contributed by atoms with van der Waals surface area (Å²) in [5.41, 5.74) is 0. The first kappa shape index (κ1) is 9.89. The highest BCUT2D eigenvalue weighted by molar-refractivity contribution is 5.54. The Labute approximate surface area is 87.8 Å². The van der Waals surface area contributed by atoms with E-state index in [2.05, 4.69) is 9.97 Å². The first-order valence-corrected chi connectivity index (χ1v) is 5.01. The van der Waals surface area contributed by atoms with Gasteiger partial charge in [0.1, 0.15) is 6.29 Å². The number of aldehydes is 1. The van der Waals surface area contributed by atoms with Gasteiger partial charge < -0.3 is 14.8 Å². The Morgan fingerprint density at radius 1 is 1.33 bits per heavy atom. The van der Waals surface area contributed by atoms with E-state index in [1.807, 2.05) is 4.90 Å². The van der Waals surface area contributed by atoms with E-state index in [1.165, 1.54) is 12.4 Å². The number of nitrogens with zero attached hydrogens (tertiary/aromatic N) is 3. The molecule has 0 aliphatic carbocycles. The number of carbonyl (C=O) groups is 1. The van der Waals surface area contributed by atoms with Crippen LogP contribution in [-0.2, 0) is 4.79 Å². The molecule has 1 N–H and O–H groups in total. The number of piperidine rings is 1. The second kappa shape index (κ2) is 4.25. The second-order valence-electron chi connectivity index (χ2n) is 3.70. The molecular weight excluding hydrogens is 194 g/mol. The molecule has 0 aromatic carbocycles. The summed E-state index contributed by atoms with van der Waals surface area (Å²) in [7, 11) is 0. The summed E-state index contributed by atoms with van der Waals surface area (Å²) < 4.78 is 0. The Kier molecular flexibility index (Phi) is 2.80. The van der Waals surface area contributed by atoms with Crippen molar-refractivity contribution in [3.63, 3.8) is 0 Å². The van der Waals surface area contributed by atoms with Gasteiger partial charge in [-0.25, -0.2) is 9.97 Å². The highest BCUT2D eigenvalue weighted by atomic mass is 16.3. The van der Waals surface area contributed by atoms with Gasteiger partial charge in [0.2, 0.25) is 5.95 Å². The van der Waals surface area contributed by atoms with E-state index in [-0.39, 0.29) is 11.7 Å². The van der Waals surface area contributed by atoms with Gasteiger partial charge in [0.05, 0.1) is 12.4 Å². The van der Waals surface area contributed by atoms with Crippen LogP contribution in [0.4, 0.5) is 5.95 Å².